The van der Waals surface area contributed by atoms with E-state index in [1.54, 1.807) is 6.07 Å². The lowest BCUT2D eigenvalue weighted by atomic mass is 10.0. The number of carbonyl (C=O) groups is 2. The first-order valence-electron chi connectivity index (χ1n) is 11.2. The van der Waals surface area contributed by atoms with Crippen LogP contribution in [0.3, 0.4) is 0 Å². The predicted octanol–water partition coefficient (Wildman–Crippen LogP) is 3.47. The lowest BCUT2D eigenvalue weighted by Crippen LogP contribution is -2.35. The smallest absolute Gasteiger partial charge is 0.243 e. The lowest BCUT2D eigenvalue weighted by Gasteiger charge is -2.26. The molecule has 0 saturated carbocycles. The highest BCUT2D eigenvalue weighted by molar-refractivity contribution is 7.89. The lowest BCUT2D eigenvalue weighted by molar-refractivity contribution is -0.120. The maximum atomic E-state index is 13.1. The Labute approximate surface area is 195 Å². The highest BCUT2D eigenvalue weighted by atomic mass is 32.2. The Hall–Kier alpha value is -2.91. The van der Waals surface area contributed by atoms with Crippen molar-refractivity contribution in [1.29, 1.82) is 0 Å². The zero-order valence-electron chi connectivity index (χ0n) is 19.0. The molecule has 1 fully saturated rings. The number of ether oxygens (including phenoxy) is 1. The molecule has 2 amide bonds. The van der Waals surface area contributed by atoms with E-state index in [-0.39, 0.29) is 28.8 Å². The highest BCUT2D eigenvalue weighted by Gasteiger charge is 2.27. The van der Waals surface area contributed by atoms with Crippen LogP contribution in [-0.4, -0.2) is 44.2 Å². The van der Waals surface area contributed by atoms with E-state index < -0.39 is 16.1 Å². The first-order valence-corrected chi connectivity index (χ1v) is 12.6. The molecule has 9 heteroatoms. The first-order chi connectivity index (χ1) is 15.8. The van der Waals surface area contributed by atoms with Crippen LogP contribution in [0.2, 0.25) is 0 Å². The fraction of sp³-hybridized carbons (Fsp3) is 0.417. The van der Waals surface area contributed by atoms with Crippen LogP contribution in [0.5, 0.6) is 5.75 Å². The molecule has 8 nitrogen and oxygen atoms in total. The van der Waals surface area contributed by atoms with Gasteiger partial charge in [0.15, 0.2) is 0 Å². The van der Waals surface area contributed by atoms with Crippen LogP contribution in [-0.2, 0) is 19.6 Å². The first kappa shape index (κ1) is 24.7. The van der Waals surface area contributed by atoms with Gasteiger partial charge in [-0.05, 0) is 43.5 Å². The second-order valence-corrected chi connectivity index (χ2v) is 9.91. The van der Waals surface area contributed by atoms with Gasteiger partial charge in [-0.2, -0.15) is 4.31 Å². The van der Waals surface area contributed by atoms with Gasteiger partial charge in [-0.15, -0.1) is 0 Å². The third-order valence-corrected chi connectivity index (χ3v) is 7.34. The van der Waals surface area contributed by atoms with E-state index in [0.717, 1.165) is 24.8 Å². The Morgan fingerprint density at radius 3 is 2.39 bits per heavy atom. The molecule has 1 aliphatic heterocycles. The Balaban J connectivity index is 1.83. The average molecular weight is 474 g/mol. The van der Waals surface area contributed by atoms with Gasteiger partial charge >= 0.3 is 0 Å². The number of benzene rings is 2. The van der Waals surface area contributed by atoms with Gasteiger partial charge in [-0.25, -0.2) is 8.42 Å². The van der Waals surface area contributed by atoms with Crippen molar-refractivity contribution >= 4 is 27.5 Å². The molecule has 0 bridgehead atoms. The fourth-order valence-electron chi connectivity index (χ4n) is 3.87. The van der Waals surface area contributed by atoms with Crippen molar-refractivity contribution in [2.24, 2.45) is 0 Å². The van der Waals surface area contributed by atoms with Gasteiger partial charge in [-0.3, -0.25) is 9.59 Å². The van der Waals surface area contributed by atoms with Crippen LogP contribution >= 0.6 is 0 Å². The Bertz CT molecular complexity index is 1070. The molecule has 0 aliphatic carbocycles. The summed E-state index contributed by atoms with van der Waals surface area (Å²) in [7, 11) is -3.66. The van der Waals surface area contributed by atoms with Crippen LogP contribution in [0.25, 0.3) is 0 Å². The van der Waals surface area contributed by atoms with Crippen LogP contribution in [0.1, 0.15) is 51.1 Å². The molecule has 33 heavy (non-hydrogen) atoms. The summed E-state index contributed by atoms with van der Waals surface area (Å²) in [5.41, 5.74) is 1.09. The summed E-state index contributed by atoms with van der Waals surface area (Å²) in [4.78, 5) is 24.7. The van der Waals surface area contributed by atoms with Gasteiger partial charge in [0.1, 0.15) is 5.75 Å². The SMILES string of the molecule is CCOc1ccc(S(=O)(=O)N2CCCCC2)cc1NC(=O)CC(NC(C)=O)c1ccccc1. The molecule has 0 spiro atoms. The van der Waals surface area contributed by atoms with Gasteiger partial charge in [0, 0.05) is 20.0 Å². The maximum Gasteiger partial charge on any atom is 0.243 e. The van der Waals surface area contributed by atoms with Gasteiger partial charge in [0.05, 0.1) is 29.7 Å². The number of carbonyl (C=O) groups excluding carboxylic acids is 2. The molecular weight excluding hydrogens is 442 g/mol. The fourth-order valence-corrected chi connectivity index (χ4v) is 5.42. The second kappa shape index (κ2) is 11.3. The monoisotopic (exact) mass is 473 g/mol. The van der Waals surface area contributed by atoms with Crippen LogP contribution in [0.15, 0.2) is 53.4 Å². The summed E-state index contributed by atoms with van der Waals surface area (Å²) in [6.45, 7) is 4.56. The molecule has 2 N–H and O–H groups in total. The number of nitrogens with one attached hydrogen (secondary N) is 2. The minimum Gasteiger partial charge on any atom is -0.492 e. The maximum absolute atomic E-state index is 13.1. The molecule has 3 rings (SSSR count). The second-order valence-electron chi connectivity index (χ2n) is 7.97. The number of hydrogen-bond donors (Lipinski definition) is 2. The summed E-state index contributed by atoms with van der Waals surface area (Å²) in [5, 5.41) is 5.58. The van der Waals surface area contributed by atoms with Gasteiger partial charge < -0.3 is 15.4 Å². The molecule has 1 unspecified atom stereocenters. The third kappa shape index (κ3) is 6.55. The molecule has 2 aromatic carbocycles. The van der Waals surface area contributed by atoms with E-state index in [1.807, 2.05) is 37.3 Å². The van der Waals surface area contributed by atoms with Crippen LogP contribution in [0.4, 0.5) is 5.69 Å². The van der Waals surface area contributed by atoms with Crippen molar-refractivity contribution in [1.82, 2.24) is 9.62 Å². The summed E-state index contributed by atoms with van der Waals surface area (Å²) < 4.78 is 33.3. The van der Waals surface area contributed by atoms with E-state index in [9.17, 15) is 18.0 Å². The van der Waals surface area contributed by atoms with Crippen molar-refractivity contribution in [3.8, 4) is 5.75 Å². The van der Waals surface area contributed by atoms with Crippen molar-refractivity contribution in [2.75, 3.05) is 25.0 Å². The van der Waals surface area contributed by atoms with E-state index in [2.05, 4.69) is 10.6 Å². The number of piperidine rings is 1. The summed E-state index contributed by atoms with van der Waals surface area (Å²) in [6, 6.07) is 13.2. The van der Waals surface area contributed by atoms with Gasteiger partial charge in [0.25, 0.3) is 0 Å². The number of amides is 2. The minimum atomic E-state index is -3.66. The van der Waals surface area contributed by atoms with E-state index in [4.69, 9.17) is 4.74 Å². The Morgan fingerprint density at radius 2 is 1.76 bits per heavy atom. The summed E-state index contributed by atoms with van der Waals surface area (Å²) in [6.07, 6.45) is 2.68. The van der Waals surface area contributed by atoms with Gasteiger partial charge in [0.2, 0.25) is 21.8 Å². The van der Waals surface area contributed by atoms with E-state index in [0.29, 0.717) is 25.4 Å². The molecule has 1 atom stereocenters. The summed E-state index contributed by atoms with van der Waals surface area (Å²) in [5.74, 6) is -0.230. The van der Waals surface area contributed by atoms with Crippen LogP contribution < -0.4 is 15.4 Å². The number of sulfonamides is 1. The molecule has 1 aliphatic rings. The molecule has 1 saturated heterocycles. The van der Waals surface area contributed by atoms with Crippen molar-refractivity contribution in [3.05, 3.63) is 54.1 Å². The predicted molar refractivity (Wildman–Crippen MR) is 126 cm³/mol. The van der Waals surface area contributed by atoms with Crippen molar-refractivity contribution < 1.29 is 22.7 Å². The molecule has 0 radical (unpaired) electrons. The quantitative estimate of drug-likeness (QED) is 0.580. The Kier molecular flexibility index (Phi) is 8.46. The normalized spacial score (nSPS) is 15.5. The average Bonchev–Trinajstić information content (AvgIpc) is 2.80. The molecule has 178 valence electrons. The topological polar surface area (TPSA) is 105 Å². The van der Waals surface area contributed by atoms with Gasteiger partial charge in [-0.1, -0.05) is 36.8 Å². The number of anilines is 1. The van der Waals surface area contributed by atoms with E-state index in [1.165, 1.54) is 23.4 Å². The van der Waals surface area contributed by atoms with Crippen LogP contribution in [0, 0.1) is 0 Å². The summed E-state index contributed by atoms with van der Waals surface area (Å²) >= 11 is 0. The molecular formula is C24H31N3O5S. The highest BCUT2D eigenvalue weighted by Crippen LogP contribution is 2.31. The molecule has 0 aromatic heterocycles. The van der Waals surface area contributed by atoms with E-state index >= 15 is 0 Å². The standard InChI is InChI=1S/C24H31N3O5S/c1-3-32-23-13-12-20(33(30,31)27-14-8-5-9-15-27)16-22(23)26-24(29)17-21(25-18(2)28)19-10-6-4-7-11-19/h4,6-7,10-13,16,21H,3,5,8-9,14-15,17H2,1-2H3,(H,25,28)(H,26,29). The third-order valence-electron chi connectivity index (χ3n) is 5.45. The number of rotatable bonds is 9. The molecule has 1 heterocycles. The van der Waals surface area contributed by atoms with Crippen molar-refractivity contribution in [3.63, 3.8) is 0 Å². The largest absolute Gasteiger partial charge is 0.492 e. The Morgan fingerprint density at radius 1 is 1.06 bits per heavy atom. The zero-order valence-corrected chi connectivity index (χ0v) is 19.9. The number of nitrogens with zero attached hydrogens (tertiary/aromatic N) is 1. The molecule has 2 aromatic rings. The zero-order chi connectivity index (χ0) is 23.8. The minimum absolute atomic E-state index is 0.0156. The number of hydrogen-bond acceptors (Lipinski definition) is 5. The van der Waals surface area contributed by atoms with Crippen molar-refractivity contribution in [2.45, 2.75) is 50.5 Å².